The fourth-order valence-electron chi connectivity index (χ4n) is 2.92. The standard InChI is InChI=1S/C22H25N3O2S/c1-4-25(5-2)19-13-9-16(10-14-19)20-15-28-22(24-20)23-18-11-7-17(8-12-18)21(26)27-6-3/h7-15H,4-6H2,1-3H3,(H,23,24). The molecule has 2 aromatic carbocycles. The van der Waals surface area contributed by atoms with Gasteiger partial charge in [-0.25, -0.2) is 9.78 Å². The molecule has 0 saturated heterocycles. The molecular weight excluding hydrogens is 370 g/mol. The molecule has 0 unspecified atom stereocenters. The van der Waals surface area contributed by atoms with Gasteiger partial charge in [0.25, 0.3) is 0 Å². The maximum absolute atomic E-state index is 11.7. The summed E-state index contributed by atoms with van der Waals surface area (Å²) in [5.74, 6) is -0.307. The van der Waals surface area contributed by atoms with Crippen LogP contribution in [0.2, 0.25) is 0 Å². The third-order valence-electron chi connectivity index (χ3n) is 4.44. The molecular formula is C22H25N3O2S. The average molecular weight is 396 g/mol. The minimum Gasteiger partial charge on any atom is -0.462 e. The average Bonchev–Trinajstić information content (AvgIpc) is 3.19. The molecule has 0 aliphatic carbocycles. The molecule has 0 amide bonds. The lowest BCUT2D eigenvalue weighted by atomic mass is 10.1. The summed E-state index contributed by atoms with van der Waals surface area (Å²) in [4.78, 5) is 18.7. The van der Waals surface area contributed by atoms with Crippen molar-refractivity contribution in [1.82, 2.24) is 4.98 Å². The van der Waals surface area contributed by atoms with Crippen LogP contribution in [0.5, 0.6) is 0 Å². The van der Waals surface area contributed by atoms with Crippen LogP contribution >= 0.6 is 11.3 Å². The van der Waals surface area contributed by atoms with E-state index >= 15 is 0 Å². The SMILES string of the molecule is CCOC(=O)c1ccc(Nc2nc(-c3ccc(N(CC)CC)cc3)cs2)cc1. The zero-order valence-corrected chi connectivity index (χ0v) is 17.3. The number of benzene rings is 2. The summed E-state index contributed by atoms with van der Waals surface area (Å²) in [5, 5.41) is 6.14. The third kappa shape index (κ3) is 4.70. The van der Waals surface area contributed by atoms with E-state index in [1.54, 1.807) is 30.4 Å². The molecule has 0 aliphatic rings. The topological polar surface area (TPSA) is 54.5 Å². The number of anilines is 3. The van der Waals surface area contributed by atoms with Gasteiger partial charge in [0.15, 0.2) is 5.13 Å². The number of aromatic nitrogens is 1. The van der Waals surface area contributed by atoms with E-state index in [1.807, 2.05) is 17.5 Å². The van der Waals surface area contributed by atoms with Crippen molar-refractivity contribution in [1.29, 1.82) is 0 Å². The van der Waals surface area contributed by atoms with Crippen molar-refractivity contribution in [3.63, 3.8) is 0 Å². The van der Waals surface area contributed by atoms with Crippen LogP contribution in [-0.2, 0) is 4.74 Å². The Kier molecular flexibility index (Phi) is 6.66. The van der Waals surface area contributed by atoms with Crippen molar-refractivity contribution >= 4 is 33.8 Å². The summed E-state index contributed by atoms with van der Waals surface area (Å²) in [5.41, 5.74) is 4.69. The second-order valence-electron chi connectivity index (χ2n) is 6.18. The molecule has 0 atom stereocenters. The van der Waals surface area contributed by atoms with Crippen LogP contribution in [0.1, 0.15) is 31.1 Å². The molecule has 5 nitrogen and oxygen atoms in total. The smallest absolute Gasteiger partial charge is 0.338 e. The molecule has 0 fully saturated rings. The van der Waals surface area contributed by atoms with E-state index in [1.165, 1.54) is 5.69 Å². The molecule has 1 heterocycles. The lowest BCUT2D eigenvalue weighted by Crippen LogP contribution is -2.21. The summed E-state index contributed by atoms with van der Waals surface area (Å²) in [7, 11) is 0. The highest BCUT2D eigenvalue weighted by molar-refractivity contribution is 7.14. The monoisotopic (exact) mass is 395 g/mol. The third-order valence-corrected chi connectivity index (χ3v) is 5.20. The summed E-state index contributed by atoms with van der Waals surface area (Å²) in [6, 6.07) is 15.7. The van der Waals surface area contributed by atoms with E-state index in [4.69, 9.17) is 4.74 Å². The maximum Gasteiger partial charge on any atom is 0.338 e. The van der Waals surface area contributed by atoms with Gasteiger partial charge in [-0.1, -0.05) is 12.1 Å². The Bertz CT molecular complexity index is 900. The molecule has 0 aliphatic heterocycles. The predicted molar refractivity (Wildman–Crippen MR) is 117 cm³/mol. The van der Waals surface area contributed by atoms with Gasteiger partial charge in [0.2, 0.25) is 0 Å². The molecule has 0 bridgehead atoms. The number of hydrogen-bond donors (Lipinski definition) is 1. The first kappa shape index (κ1) is 19.9. The summed E-state index contributed by atoms with van der Waals surface area (Å²) >= 11 is 1.55. The Balaban J connectivity index is 1.68. The number of hydrogen-bond acceptors (Lipinski definition) is 6. The lowest BCUT2D eigenvalue weighted by Gasteiger charge is -2.20. The summed E-state index contributed by atoms with van der Waals surface area (Å²) < 4.78 is 5.00. The van der Waals surface area contributed by atoms with Crippen molar-refractivity contribution in [2.24, 2.45) is 0 Å². The Morgan fingerprint density at radius 3 is 2.32 bits per heavy atom. The van der Waals surface area contributed by atoms with E-state index in [0.717, 1.165) is 35.2 Å². The van der Waals surface area contributed by atoms with E-state index in [9.17, 15) is 4.79 Å². The van der Waals surface area contributed by atoms with Gasteiger partial charge in [-0.05, 0) is 57.2 Å². The van der Waals surface area contributed by atoms with Gasteiger partial charge < -0.3 is 15.0 Å². The molecule has 0 saturated carbocycles. The van der Waals surface area contributed by atoms with E-state index in [2.05, 4.69) is 53.3 Å². The van der Waals surface area contributed by atoms with E-state index in [0.29, 0.717) is 12.2 Å². The van der Waals surface area contributed by atoms with Crippen molar-refractivity contribution in [3.8, 4) is 11.3 Å². The van der Waals surface area contributed by atoms with Crippen molar-refractivity contribution < 1.29 is 9.53 Å². The number of carbonyl (C=O) groups is 1. The zero-order chi connectivity index (χ0) is 19.9. The van der Waals surface area contributed by atoms with Gasteiger partial charge in [-0.15, -0.1) is 11.3 Å². The first-order valence-electron chi connectivity index (χ1n) is 9.49. The van der Waals surface area contributed by atoms with Crippen LogP contribution in [-0.4, -0.2) is 30.6 Å². The van der Waals surface area contributed by atoms with Crippen LogP contribution in [0.3, 0.4) is 0 Å². The number of thiazole rings is 1. The fraction of sp³-hybridized carbons (Fsp3) is 0.273. The molecule has 3 aromatic rings. The Morgan fingerprint density at radius 2 is 1.71 bits per heavy atom. The van der Waals surface area contributed by atoms with Crippen LogP contribution in [0.4, 0.5) is 16.5 Å². The molecule has 0 radical (unpaired) electrons. The molecule has 0 spiro atoms. The first-order chi connectivity index (χ1) is 13.6. The molecule has 1 N–H and O–H groups in total. The van der Waals surface area contributed by atoms with Gasteiger partial charge in [0.1, 0.15) is 0 Å². The second kappa shape index (κ2) is 9.37. The van der Waals surface area contributed by atoms with Gasteiger partial charge in [0.05, 0.1) is 17.9 Å². The Morgan fingerprint density at radius 1 is 1.04 bits per heavy atom. The Labute approximate surface area is 170 Å². The molecule has 28 heavy (non-hydrogen) atoms. The lowest BCUT2D eigenvalue weighted by molar-refractivity contribution is 0.0526. The normalized spacial score (nSPS) is 10.5. The number of rotatable bonds is 8. The zero-order valence-electron chi connectivity index (χ0n) is 16.4. The fourth-order valence-corrected chi connectivity index (χ4v) is 3.66. The number of ether oxygens (including phenoxy) is 1. The van der Waals surface area contributed by atoms with Crippen molar-refractivity contribution in [2.45, 2.75) is 20.8 Å². The van der Waals surface area contributed by atoms with Gasteiger partial charge in [-0.2, -0.15) is 0 Å². The maximum atomic E-state index is 11.7. The molecule has 146 valence electrons. The van der Waals surface area contributed by atoms with Crippen LogP contribution < -0.4 is 10.2 Å². The van der Waals surface area contributed by atoms with Gasteiger partial charge in [0, 0.05) is 35.4 Å². The van der Waals surface area contributed by atoms with E-state index < -0.39 is 0 Å². The summed E-state index contributed by atoms with van der Waals surface area (Å²) in [6.07, 6.45) is 0. The molecule has 6 heteroatoms. The highest BCUT2D eigenvalue weighted by atomic mass is 32.1. The highest BCUT2D eigenvalue weighted by Gasteiger charge is 2.08. The predicted octanol–water partition coefficient (Wildman–Crippen LogP) is 5.58. The van der Waals surface area contributed by atoms with Gasteiger partial charge >= 0.3 is 5.97 Å². The van der Waals surface area contributed by atoms with Crippen LogP contribution in [0, 0.1) is 0 Å². The largest absolute Gasteiger partial charge is 0.462 e. The highest BCUT2D eigenvalue weighted by Crippen LogP contribution is 2.28. The minimum absolute atomic E-state index is 0.307. The first-order valence-corrected chi connectivity index (χ1v) is 10.4. The number of esters is 1. The van der Waals surface area contributed by atoms with E-state index in [-0.39, 0.29) is 5.97 Å². The summed E-state index contributed by atoms with van der Waals surface area (Å²) in [6.45, 7) is 8.48. The van der Waals surface area contributed by atoms with Crippen LogP contribution in [0.25, 0.3) is 11.3 Å². The Hall–Kier alpha value is -2.86. The quantitative estimate of drug-likeness (QED) is 0.505. The molecule has 3 rings (SSSR count). The van der Waals surface area contributed by atoms with Gasteiger partial charge in [-0.3, -0.25) is 0 Å². The number of nitrogens with zero attached hydrogens (tertiary/aromatic N) is 2. The van der Waals surface area contributed by atoms with Crippen molar-refractivity contribution in [2.75, 3.05) is 29.9 Å². The second-order valence-corrected chi connectivity index (χ2v) is 7.04. The number of carbonyl (C=O) groups excluding carboxylic acids is 1. The molecule has 1 aromatic heterocycles. The minimum atomic E-state index is -0.307. The van der Waals surface area contributed by atoms with Crippen LogP contribution in [0.15, 0.2) is 53.9 Å². The number of nitrogens with one attached hydrogen (secondary N) is 1. The van der Waals surface area contributed by atoms with Crippen molar-refractivity contribution in [3.05, 3.63) is 59.5 Å².